The lowest BCUT2D eigenvalue weighted by Gasteiger charge is -2.30. The van der Waals surface area contributed by atoms with Gasteiger partial charge in [-0.25, -0.2) is 14.8 Å². The standard InChI is InChI=1S/C18H23N3O3/c22-17(15-9-20-16(10-19-15)18(23)24)21-5-1-2-14(21)8-13-7-11-3-4-12(13)6-11/h9-14H,1-8H2,(H,23,24). The predicted octanol–water partition coefficient (Wildman–Crippen LogP) is 2.61. The van der Waals surface area contributed by atoms with E-state index in [1.54, 1.807) is 0 Å². The van der Waals surface area contributed by atoms with Crippen molar-refractivity contribution in [2.45, 2.75) is 51.0 Å². The third kappa shape index (κ3) is 2.78. The van der Waals surface area contributed by atoms with Crippen LogP contribution in [0.5, 0.6) is 0 Å². The lowest BCUT2D eigenvalue weighted by Crippen LogP contribution is -2.37. The fourth-order valence-electron chi connectivity index (χ4n) is 5.06. The fourth-order valence-corrected chi connectivity index (χ4v) is 5.06. The summed E-state index contributed by atoms with van der Waals surface area (Å²) in [5, 5.41) is 8.88. The summed E-state index contributed by atoms with van der Waals surface area (Å²) < 4.78 is 0. The van der Waals surface area contributed by atoms with E-state index in [1.165, 1.54) is 31.9 Å². The summed E-state index contributed by atoms with van der Waals surface area (Å²) in [5.74, 6) is 1.35. The summed E-state index contributed by atoms with van der Waals surface area (Å²) in [6.07, 6.45) is 11.2. The van der Waals surface area contributed by atoms with Crippen LogP contribution in [0.25, 0.3) is 0 Å². The molecule has 1 aromatic rings. The van der Waals surface area contributed by atoms with E-state index in [9.17, 15) is 9.59 Å². The molecule has 4 rings (SSSR count). The zero-order valence-electron chi connectivity index (χ0n) is 13.7. The first-order chi connectivity index (χ1) is 11.6. The first-order valence-corrected chi connectivity index (χ1v) is 8.98. The molecule has 1 amide bonds. The second-order valence-corrected chi connectivity index (χ2v) is 7.56. The highest BCUT2D eigenvalue weighted by Gasteiger charge is 2.42. The highest BCUT2D eigenvalue weighted by Crippen LogP contribution is 2.50. The number of nitrogens with zero attached hydrogens (tertiary/aromatic N) is 3. The minimum Gasteiger partial charge on any atom is -0.476 e. The van der Waals surface area contributed by atoms with E-state index in [0.717, 1.165) is 49.8 Å². The number of hydrogen-bond acceptors (Lipinski definition) is 4. The third-order valence-electron chi connectivity index (χ3n) is 6.19. The van der Waals surface area contributed by atoms with Gasteiger partial charge in [-0.1, -0.05) is 6.42 Å². The van der Waals surface area contributed by atoms with Crippen LogP contribution in [0.1, 0.15) is 65.9 Å². The Hall–Kier alpha value is -1.98. The molecule has 128 valence electrons. The molecule has 1 N–H and O–H groups in total. The molecule has 6 heteroatoms. The summed E-state index contributed by atoms with van der Waals surface area (Å²) in [6, 6.07) is 0.308. The van der Waals surface area contributed by atoms with Crippen molar-refractivity contribution in [2.75, 3.05) is 6.54 Å². The molecule has 2 heterocycles. The van der Waals surface area contributed by atoms with E-state index in [0.29, 0.717) is 6.04 Å². The van der Waals surface area contributed by atoms with Crippen molar-refractivity contribution in [1.29, 1.82) is 0 Å². The molecule has 0 spiro atoms. The minimum atomic E-state index is -1.13. The Balaban J connectivity index is 1.44. The van der Waals surface area contributed by atoms with Crippen LogP contribution in [0.3, 0.4) is 0 Å². The lowest BCUT2D eigenvalue weighted by molar-refractivity contribution is 0.0677. The monoisotopic (exact) mass is 329 g/mol. The van der Waals surface area contributed by atoms with Gasteiger partial charge in [0, 0.05) is 12.6 Å². The van der Waals surface area contributed by atoms with E-state index in [4.69, 9.17) is 5.11 Å². The first-order valence-electron chi connectivity index (χ1n) is 8.98. The van der Waals surface area contributed by atoms with Gasteiger partial charge in [0.15, 0.2) is 5.69 Å². The molecule has 0 radical (unpaired) electrons. The molecule has 1 saturated heterocycles. The topological polar surface area (TPSA) is 83.4 Å². The van der Waals surface area contributed by atoms with E-state index >= 15 is 0 Å². The molecular weight excluding hydrogens is 306 g/mol. The molecule has 0 aromatic carbocycles. The predicted molar refractivity (Wildman–Crippen MR) is 86.6 cm³/mol. The molecule has 4 unspecified atom stereocenters. The Kier molecular flexibility index (Phi) is 3.98. The van der Waals surface area contributed by atoms with Crippen LogP contribution in [-0.2, 0) is 0 Å². The van der Waals surface area contributed by atoms with Crippen LogP contribution in [0, 0.1) is 17.8 Å². The maximum Gasteiger partial charge on any atom is 0.356 e. The molecule has 2 aliphatic carbocycles. The van der Waals surface area contributed by atoms with Gasteiger partial charge in [0.1, 0.15) is 5.69 Å². The number of carboxylic acid groups (broad SMARTS) is 1. The number of carboxylic acids is 1. The number of carbonyl (C=O) groups excluding carboxylic acids is 1. The van der Waals surface area contributed by atoms with E-state index in [2.05, 4.69) is 9.97 Å². The van der Waals surface area contributed by atoms with Gasteiger partial charge >= 0.3 is 5.97 Å². The highest BCUT2D eigenvalue weighted by atomic mass is 16.4. The van der Waals surface area contributed by atoms with Crippen LogP contribution >= 0.6 is 0 Å². The maximum atomic E-state index is 12.7. The molecule has 3 fully saturated rings. The molecule has 1 aliphatic heterocycles. The number of aromatic carboxylic acids is 1. The van der Waals surface area contributed by atoms with Crippen molar-refractivity contribution < 1.29 is 14.7 Å². The van der Waals surface area contributed by atoms with Crippen molar-refractivity contribution in [3.05, 3.63) is 23.8 Å². The van der Waals surface area contributed by atoms with Gasteiger partial charge in [-0.15, -0.1) is 0 Å². The molecule has 2 saturated carbocycles. The van der Waals surface area contributed by atoms with Crippen LogP contribution in [-0.4, -0.2) is 44.4 Å². The molecule has 3 aliphatic rings. The van der Waals surface area contributed by atoms with E-state index in [1.807, 2.05) is 4.90 Å². The smallest absolute Gasteiger partial charge is 0.356 e. The van der Waals surface area contributed by atoms with Crippen molar-refractivity contribution >= 4 is 11.9 Å². The zero-order valence-corrected chi connectivity index (χ0v) is 13.7. The van der Waals surface area contributed by atoms with Gasteiger partial charge in [-0.05, 0) is 56.3 Å². The van der Waals surface area contributed by atoms with Gasteiger partial charge in [0.25, 0.3) is 5.91 Å². The molecule has 24 heavy (non-hydrogen) atoms. The fraction of sp³-hybridized carbons (Fsp3) is 0.667. The van der Waals surface area contributed by atoms with E-state index < -0.39 is 5.97 Å². The number of hydrogen-bond donors (Lipinski definition) is 1. The number of rotatable bonds is 4. The molecule has 6 nitrogen and oxygen atoms in total. The van der Waals surface area contributed by atoms with Crippen LogP contribution < -0.4 is 0 Å². The van der Waals surface area contributed by atoms with Crippen molar-refractivity contribution in [3.8, 4) is 0 Å². The summed E-state index contributed by atoms with van der Waals surface area (Å²) in [5.41, 5.74) is 0.117. The van der Waals surface area contributed by atoms with Gasteiger partial charge in [0.05, 0.1) is 12.4 Å². The van der Waals surface area contributed by atoms with Crippen molar-refractivity contribution in [3.63, 3.8) is 0 Å². The number of carbonyl (C=O) groups is 2. The molecule has 2 bridgehead atoms. The quantitative estimate of drug-likeness (QED) is 0.918. The molecular formula is C18H23N3O3. The maximum absolute atomic E-state index is 12.7. The van der Waals surface area contributed by atoms with Gasteiger partial charge < -0.3 is 10.0 Å². The van der Waals surface area contributed by atoms with Crippen molar-refractivity contribution in [1.82, 2.24) is 14.9 Å². The average Bonchev–Trinajstić information content (AvgIpc) is 3.31. The summed E-state index contributed by atoms with van der Waals surface area (Å²) >= 11 is 0. The van der Waals surface area contributed by atoms with Crippen LogP contribution in [0.2, 0.25) is 0 Å². The molecule has 4 atom stereocenters. The second kappa shape index (κ2) is 6.15. The van der Waals surface area contributed by atoms with Crippen LogP contribution in [0.4, 0.5) is 0 Å². The van der Waals surface area contributed by atoms with Crippen LogP contribution in [0.15, 0.2) is 12.4 Å². The minimum absolute atomic E-state index is 0.106. The summed E-state index contributed by atoms with van der Waals surface area (Å²) in [6.45, 7) is 0.771. The van der Waals surface area contributed by atoms with Crippen molar-refractivity contribution in [2.24, 2.45) is 17.8 Å². The van der Waals surface area contributed by atoms with Gasteiger partial charge in [0.2, 0.25) is 0 Å². The lowest BCUT2D eigenvalue weighted by atomic mass is 9.83. The largest absolute Gasteiger partial charge is 0.476 e. The average molecular weight is 329 g/mol. The Morgan fingerprint density at radius 1 is 1.12 bits per heavy atom. The number of likely N-dealkylation sites (tertiary alicyclic amines) is 1. The SMILES string of the molecule is O=C(O)c1cnc(C(=O)N2CCCC2CC2CC3CCC2C3)cn1. The summed E-state index contributed by atoms with van der Waals surface area (Å²) in [7, 11) is 0. The first kappa shape index (κ1) is 15.5. The Labute approximate surface area is 141 Å². The zero-order chi connectivity index (χ0) is 16.7. The van der Waals surface area contributed by atoms with Gasteiger partial charge in [-0.2, -0.15) is 0 Å². The number of amides is 1. The number of aromatic nitrogens is 2. The van der Waals surface area contributed by atoms with E-state index in [-0.39, 0.29) is 17.3 Å². The Morgan fingerprint density at radius 3 is 2.54 bits per heavy atom. The third-order valence-corrected chi connectivity index (χ3v) is 6.19. The normalized spacial score (nSPS) is 31.6. The Bertz CT molecular complexity index is 645. The summed E-state index contributed by atoms with van der Waals surface area (Å²) in [4.78, 5) is 33.4. The number of fused-ring (bicyclic) bond motifs is 2. The second-order valence-electron chi connectivity index (χ2n) is 7.56. The highest BCUT2D eigenvalue weighted by molar-refractivity contribution is 5.93. The Morgan fingerprint density at radius 2 is 1.92 bits per heavy atom. The van der Waals surface area contributed by atoms with Gasteiger partial charge in [-0.3, -0.25) is 4.79 Å². The molecule has 1 aromatic heterocycles.